The molecule has 1 aromatic carbocycles. The van der Waals surface area contributed by atoms with Crippen LogP contribution in [0.4, 0.5) is 5.69 Å². The summed E-state index contributed by atoms with van der Waals surface area (Å²) in [4.78, 5) is 19.8. The third-order valence-corrected chi connectivity index (χ3v) is 2.97. The van der Waals surface area contributed by atoms with Crippen molar-refractivity contribution in [1.82, 2.24) is 0 Å². The summed E-state index contributed by atoms with van der Waals surface area (Å²) in [5, 5.41) is 10.3. The van der Waals surface area contributed by atoms with Gasteiger partial charge in [0.25, 0.3) is 15.8 Å². The Morgan fingerprint density at radius 1 is 1.35 bits per heavy atom. The topological polar surface area (TPSA) is 130 Å². The molecule has 0 aliphatic heterocycles. The first-order valence-corrected chi connectivity index (χ1v) is 5.66. The first-order valence-electron chi connectivity index (χ1n) is 4.25. The maximum absolute atomic E-state index is 11.4. The van der Waals surface area contributed by atoms with Crippen molar-refractivity contribution >= 4 is 21.7 Å². The maximum atomic E-state index is 11.4. The summed E-state index contributed by atoms with van der Waals surface area (Å²) in [6, 6.07) is 4.05. The fraction of sp³-hybridized carbons (Fsp3) is 0.125. The Morgan fingerprint density at radius 3 is 2.29 bits per heavy atom. The van der Waals surface area contributed by atoms with Gasteiger partial charge < -0.3 is 5.73 Å². The highest BCUT2D eigenvalue weighted by Gasteiger charge is 2.17. The molecule has 2 N–H and O–H groups in total. The van der Waals surface area contributed by atoms with Gasteiger partial charge in [0.1, 0.15) is 6.61 Å². The highest BCUT2D eigenvalue weighted by Crippen LogP contribution is 2.17. The summed E-state index contributed by atoms with van der Waals surface area (Å²) >= 11 is 0. The van der Waals surface area contributed by atoms with E-state index in [9.17, 15) is 23.3 Å². The summed E-state index contributed by atoms with van der Waals surface area (Å²) < 4.78 is 27.1. The highest BCUT2D eigenvalue weighted by atomic mass is 32.2. The minimum Gasteiger partial charge on any atom is -0.368 e. The molecule has 1 aromatic rings. The molecule has 0 spiro atoms. The Kier molecular flexibility index (Phi) is 3.76. The van der Waals surface area contributed by atoms with Crippen molar-refractivity contribution in [1.29, 1.82) is 0 Å². The van der Waals surface area contributed by atoms with Gasteiger partial charge in [-0.1, -0.05) is 0 Å². The number of hydrogen-bond donors (Lipinski definition) is 1. The van der Waals surface area contributed by atoms with Crippen molar-refractivity contribution in [3.8, 4) is 0 Å². The summed E-state index contributed by atoms with van der Waals surface area (Å²) in [5.41, 5.74) is 4.47. The van der Waals surface area contributed by atoms with E-state index in [2.05, 4.69) is 4.18 Å². The van der Waals surface area contributed by atoms with Gasteiger partial charge in [-0.15, -0.1) is 0 Å². The molecule has 1 amide bonds. The largest absolute Gasteiger partial charge is 0.368 e. The van der Waals surface area contributed by atoms with Gasteiger partial charge in [0.05, 0.1) is 9.82 Å². The molecule has 8 nitrogen and oxygen atoms in total. The van der Waals surface area contributed by atoms with E-state index in [1.165, 1.54) is 0 Å². The van der Waals surface area contributed by atoms with E-state index in [4.69, 9.17) is 5.73 Å². The molecule has 0 aliphatic rings. The number of carbonyl (C=O) groups excluding carboxylic acids is 1. The van der Waals surface area contributed by atoms with Crippen molar-refractivity contribution in [2.75, 3.05) is 6.61 Å². The SMILES string of the molecule is NC(=O)COS(=O)(=O)c1ccc([N+](=O)[O-])cc1. The first-order chi connectivity index (χ1) is 7.83. The lowest BCUT2D eigenvalue weighted by molar-refractivity contribution is -0.384. The lowest BCUT2D eigenvalue weighted by Gasteiger charge is -2.02. The Hall–Kier alpha value is -2.00. The molecule has 1 rings (SSSR count). The second-order valence-electron chi connectivity index (χ2n) is 2.93. The molecule has 92 valence electrons. The van der Waals surface area contributed by atoms with Gasteiger partial charge in [0.15, 0.2) is 0 Å². The fourth-order valence-corrected chi connectivity index (χ4v) is 1.82. The molecule has 0 bridgehead atoms. The molecule has 0 saturated heterocycles. The van der Waals surface area contributed by atoms with E-state index >= 15 is 0 Å². The minimum atomic E-state index is -4.12. The van der Waals surface area contributed by atoms with Crippen LogP contribution in [-0.4, -0.2) is 25.9 Å². The fourth-order valence-electron chi connectivity index (χ4n) is 0.938. The normalized spacial score (nSPS) is 11.1. The Bertz CT molecular complexity index is 536. The number of amides is 1. The van der Waals surface area contributed by atoms with Crippen molar-refractivity contribution in [3.63, 3.8) is 0 Å². The number of nitrogens with zero attached hydrogens (tertiary/aromatic N) is 1. The van der Waals surface area contributed by atoms with E-state index in [0.29, 0.717) is 0 Å². The van der Waals surface area contributed by atoms with Crippen LogP contribution in [0.3, 0.4) is 0 Å². The van der Waals surface area contributed by atoms with E-state index in [0.717, 1.165) is 24.3 Å². The van der Waals surface area contributed by atoms with Crippen LogP contribution >= 0.6 is 0 Å². The molecule has 9 heteroatoms. The molecule has 0 fully saturated rings. The molecule has 0 aliphatic carbocycles. The number of nitro benzene ring substituents is 1. The van der Waals surface area contributed by atoms with E-state index in [1.807, 2.05) is 0 Å². The van der Waals surface area contributed by atoms with Crippen LogP contribution < -0.4 is 5.73 Å². The second-order valence-corrected chi connectivity index (χ2v) is 4.55. The highest BCUT2D eigenvalue weighted by molar-refractivity contribution is 7.86. The van der Waals surface area contributed by atoms with Gasteiger partial charge in [-0.2, -0.15) is 8.42 Å². The van der Waals surface area contributed by atoms with Gasteiger partial charge in [-0.3, -0.25) is 19.1 Å². The van der Waals surface area contributed by atoms with Gasteiger partial charge in [-0.05, 0) is 12.1 Å². The third kappa shape index (κ3) is 3.50. The van der Waals surface area contributed by atoms with E-state index in [-0.39, 0.29) is 10.6 Å². The van der Waals surface area contributed by atoms with Crippen molar-refractivity contribution in [2.24, 2.45) is 5.73 Å². The first kappa shape index (κ1) is 13.1. The number of hydrogen-bond acceptors (Lipinski definition) is 6. The van der Waals surface area contributed by atoms with Crippen LogP contribution in [0.2, 0.25) is 0 Å². The predicted octanol–water partition coefficient (Wildman–Crippen LogP) is -0.215. The van der Waals surface area contributed by atoms with Crippen molar-refractivity contribution in [2.45, 2.75) is 4.90 Å². The number of rotatable bonds is 5. The maximum Gasteiger partial charge on any atom is 0.297 e. The van der Waals surface area contributed by atoms with Crippen LogP contribution in [0.1, 0.15) is 0 Å². The number of benzene rings is 1. The van der Waals surface area contributed by atoms with Gasteiger partial charge in [-0.25, -0.2) is 0 Å². The zero-order valence-corrected chi connectivity index (χ0v) is 9.22. The van der Waals surface area contributed by atoms with E-state index < -0.39 is 27.6 Å². The van der Waals surface area contributed by atoms with Gasteiger partial charge >= 0.3 is 0 Å². The number of nitrogens with two attached hydrogens (primary N) is 1. The van der Waals surface area contributed by atoms with E-state index in [1.54, 1.807) is 0 Å². The van der Waals surface area contributed by atoms with Crippen LogP contribution in [0, 0.1) is 10.1 Å². The summed E-state index contributed by atoms with van der Waals surface area (Å²) in [7, 11) is -4.12. The Balaban J connectivity index is 2.92. The molecule has 0 aromatic heterocycles. The van der Waals surface area contributed by atoms with Crippen LogP contribution in [-0.2, 0) is 19.1 Å². The van der Waals surface area contributed by atoms with Crippen molar-refractivity contribution < 1.29 is 22.3 Å². The number of non-ortho nitro benzene ring substituents is 1. The van der Waals surface area contributed by atoms with Gasteiger partial charge in [0.2, 0.25) is 5.91 Å². The molecule has 0 atom stereocenters. The number of primary amides is 1. The van der Waals surface area contributed by atoms with Crippen LogP contribution in [0.15, 0.2) is 29.2 Å². The zero-order valence-electron chi connectivity index (χ0n) is 8.40. The molecular weight excluding hydrogens is 252 g/mol. The molecule has 0 heterocycles. The van der Waals surface area contributed by atoms with Crippen LogP contribution in [0.25, 0.3) is 0 Å². The monoisotopic (exact) mass is 260 g/mol. The van der Waals surface area contributed by atoms with Crippen molar-refractivity contribution in [3.05, 3.63) is 34.4 Å². The average molecular weight is 260 g/mol. The average Bonchev–Trinajstić information content (AvgIpc) is 2.27. The minimum absolute atomic E-state index is 0.251. The Morgan fingerprint density at radius 2 is 1.88 bits per heavy atom. The molecule has 0 unspecified atom stereocenters. The number of carbonyl (C=O) groups is 1. The quantitative estimate of drug-likeness (QED) is 0.442. The summed E-state index contributed by atoms with van der Waals surface area (Å²) in [6.07, 6.45) is 0. The van der Waals surface area contributed by atoms with Crippen LogP contribution in [0.5, 0.6) is 0 Å². The lowest BCUT2D eigenvalue weighted by Crippen LogP contribution is -2.21. The summed E-state index contributed by atoms with van der Waals surface area (Å²) in [5.74, 6) is -0.935. The molecular formula is C8H8N2O6S. The van der Waals surface area contributed by atoms with Gasteiger partial charge in [0, 0.05) is 12.1 Å². The number of nitro groups is 1. The second kappa shape index (κ2) is 4.89. The molecule has 0 radical (unpaired) electrons. The predicted molar refractivity (Wildman–Crippen MR) is 55.4 cm³/mol. The zero-order chi connectivity index (χ0) is 13.1. The smallest absolute Gasteiger partial charge is 0.297 e. The standard InChI is InChI=1S/C8H8N2O6S/c9-8(11)5-16-17(14,15)7-3-1-6(2-4-7)10(12)13/h1-4H,5H2,(H2,9,11). The summed E-state index contributed by atoms with van der Waals surface area (Å²) in [6.45, 7) is -0.778. The molecule has 17 heavy (non-hydrogen) atoms. The lowest BCUT2D eigenvalue weighted by atomic mass is 10.3. The Labute approximate surface area is 96.3 Å². The third-order valence-electron chi connectivity index (χ3n) is 1.69. The molecule has 0 saturated carbocycles.